The lowest BCUT2D eigenvalue weighted by Crippen LogP contribution is -2.46. The molecule has 1 aromatic rings. The van der Waals surface area contributed by atoms with Gasteiger partial charge in [-0.05, 0) is 24.3 Å². The van der Waals surface area contributed by atoms with Gasteiger partial charge in [0.05, 0.1) is 6.54 Å². The zero-order chi connectivity index (χ0) is 13.1. The number of amides is 2. The number of rotatable bonds is 3. The number of nitrogens with zero attached hydrogens (tertiary/aromatic N) is 2. The first-order chi connectivity index (χ1) is 8.59. The smallest absolute Gasteiger partial charge is 0.326 e. The van der Waals surface area contributed by atoms with Gasteiger partial charge >= 0.3 is 12.0 Å². The molecule has 1 aliphatic rings. The number of aliphatic carboxylic acids is 1. The average molecular weight is 268 g/mol. The number of carboxylic acids is 1. The van der Waals surface area contributed by atoms with Crippen LogP contribution in [0.2, 0.25) is 0 Å². The van der Waals surface area contributed by atoms with E-state index in [1.54, 1.807) is 23.3 Å². The number of hydrogen-bond acceptors (Lipinski definition) is 3. The highest BCUT2D eigenvalue weighted by molar-refractivity contribution is 7.09. The Balaban J connectivity index is 1.99. The Morgan fingerprint density at radius 2 is 2.39 bits per heavy atom. The third-order valence-electron chi connectivity index (χ3n) is 3.08. The van der Waals surface area contributed by atoms with Crippen LogP contribution in [0.3, 0.4) is 0 Å². The maximum absolute atomic E-state index is 12.2. The molecule has 0 aromatic carbocycles. The fourth-order valence-electron chi connectivity index (χ4n) is 2.18. The van der Waals surface area contributed by atoms with Crippen molar-refractivity contribution in [2.45, 2.75) is 25.4 Å². The summed E-state index contributed by atoms with van der Waals surface area (Å²) >= 11 is 1.59. The normalized spacial score (nSPS) is 18.9. The van der Waals surface area contributed by atoms with Crippen molar-refractivity contribution in [3.05, 3.63) is 22.4 Å². The number of carbonyl (C=O) groups excluding carboxylic acids is 1. The van der Waals surface area contributed by atoms with Crippen molar-refractivity contribution < 1.29 is 14.7 Å². The molecule has 0 saturated carbocycles. The number of likely N-dealkylation sites (tertiary alicyclic amines) is 1. The standard InChI is InChI=1S/C12H16N2O3S/c1-13(8-9-4-3-7-18-9)12(17)14-6-2-5-10(14)11(15)16/h3-4,7,10H,2,5-6,8H2,1H3,(H,15,16)/t10-/m1/s1. The predicted octanol–water partition coefficient (Wildman–Crippen LogP) is 1.85. The molecule has 2 heterocycles. The highest BCUT2D eigenvalue weighted by Gasteiger charge is 2.35. The van der Waals surface area contributed by atoms with Crippen molar-refractivity contribution in [2.24, 2.45) is 0 Å². The van der Waals surface area contributed by atoms with Gasteiger partial charge in [0.15, 0.2) is 0 Å². The SMILES string of the molecule is CN(Cc1cccs1)C(=O)N1CCC[C@@H]1C(=O)O. The molecular formula is C12H16N2O3S. The predicted molar refractivity (Wildman–Crippen MR) is 68.5 cm³/mol. The quantitative estimate of drug-likeness (QED) is 0.910. The zero-order valence-electron chi connectivity index (χ0n) is 10.2. The molecule has 6 heteroatoms. The Morgan fingerprint density at radius 3 is 3.00 bits per heavy atom. The van der Waals surface area contributed by atoms with E-state index < -0.39 is 12.0 Å². The first kappa shape index (κ1) is 12.9. The van der Waals surface area contributed by atoms with Gasteiger partial charge in [-0.15, -0.1) is 11.3 Å². The van der Waals surface area contributed by atoms with Crippen LogP contribution < -0.4 is 0 Å². The molecule has 1 N–H and O–H groups in total. The van der Waals surface area contributed by atoms with E-state index in [2.05, 4.69) is 0 Å². The summed E-state index contributed by atoms with van der Waals surface area (Å²) in [5, 5.41) is 11.0. The van der Waals surface area contributed by atoms with Crippen molar-refractivity contribution in [1.29, 1.82) is 0 Å². The summed E-state index contributed by atoms with van der Waals surface area (Å²) in [6, 6.07) is 3.04. The van der Waals surface area contributed by atoms with Crippen LogP contribution in [0.4, 0.5) is 4.79 Å². The van der Waals surface area contributed by atoms with Crippen molar-refractivity contribution in [1.82, 2.24) is 9.80 Å². The van der Waals surface area contributed by atoms with Gasteiger partial charge < -0.3 is 14.9 Å². The van der Waals surface area contributed by atoms with E-state index >= 15 is 0 Å². The van der Waals surface area contributed by atoms with Gasteiger partial charge in [-0.3, -0.25) is 0 Å². The first-order valence-corrected chi connectivity index (χ1v) is 6.74. The van der Waals surface area contributed by atoms with E-state index in [-0.39, 0.29) is 6.03 Å². The number of thiophene rings is 1. The molecule has 1 fully saturated rings. The van der Waals surface area contributed by atoms with E-state index in [0.717, 1.165) is 11.3 Å². The Bertz CT molecular complexity index is 433. The van der Waals surface area contributed by atoms with Crippen molar-refractivity contribution in [3.63, 3.8) is 0 Å². The Morgan fingerprint density at radius 1 is 1.61 bits per heavy atom. The van der Waals surface area contributed by atoms with Gasteiger partial charge in [0.1, 0.15) is 6.04 Å². The molecular weight excluding hydrogens is 252 g/mol. The summed E-state index contributed by atoms with van der Waals surface area (Å²) in [6.45, 7) is 1.06. The molecule has 2 amide bonds. The summed E-state index contributed by atoms with van der Waals surface area (Å²) < 4.78 is 0. The maximum Gasteiger partial charge on any atom is 0.326 e. The second-order valence-corrected chi connectivity index (χ2v) is 5.44. The number of urea groups is 1. The van der Waals surface area contributed by atoms with Gasteiger partial charge in [-0.25, -0.2) is 9.59 Å². The van der Waals surface area contributed by atoms with Gasteiger partial charge in [0.25, 0.3) is 0 Å². The van der Waals surface area contributed by atoms with Crippen LogP contribution in [0.25, 0.3) is 0 Å². The minimum Gasteiger partial charge on any atom is -0.480 e. The van der Waals surface area contributed by atoms with E-state index in [4.69, 9.17) is 5.11 Å². The summed E-state index contributed by atoms with van der Waals surface area (Å²) in [5.74, 6) is -0.912. The van der Waals surface area contributed by atoms with E-state index in [0.29, 0.717) is 19.5 Å². The lowest BCUT2D eigenvalue weighted by atomic mass is 10.2. The van der Waals surface area contributed by atoms with Crippen molar-refractivity contribution >= 4 is 23.3 Å². The van der Waals surface area contributed by atoms with Crippen LogP contribution in [0.5, 0.6) is 0 Å². The van der Waals surface area contributed by atoms with Crippen LogP contribution in [0.15, 0.2) is 17.5 Å². The Kier molecular flexibility index (Phi) is 3.86. The van der Waals surface area contributed by atoms with Crippen LogP contribution in [-0.2, 0) is 11.3 Å². The highest BCUT2D eigenvalue weighted by atomic mass is 32.1. The maximum atomic E-state index is 12.2. The second kappa shape index (κ2) is 5.39. The summed E-state index contributed by atoms with van der Waals surface area (Å²) in [6.07, 6.45) is 1.31. The highest BCUT2D eigenvalue weighted by Crippen LogP contribution is 2.20. The van der Waals surface area contributed by atoms with Crippen LogP contribution in [0, 0.1) is 0 Å². The van der Waals surface area contributed by atoms with E-state index in [1.807, 2.05) is 17.5 Å². The molecule has 2 rings (SSSR count). The third kappa shape index (κ3) is 2.64. The lowest BCUT2D eigenvalue weighted by molar-refractivity contribution is -0.141. The molecule has 1 aromatic heterocycles. The molecule has 0 aliphatic carbocycles. The minimum absolute atomic E-state index is 0.201. The van der Waals surface area contributed by atoms with Gasteiger partial charge in [0, 0.05) is 18.5 Å². The number of carbonyl (C=O) groups is 2. The van der Waals surface area contributed by atoms with Gasteiger partial charge in [-0.1, -0.05) is 6.07 Å². The second-order valence-electron chi connectivity index (χ2n) is 4.41. The van der Waals surface area contributed by atoms with Crippen LogP contribution >= 0.6 is 11.3 Å². The minimum atomic E-state index is -0.912. The molecule has 5 nitrogen and oxygen atoms in total. The van der Waals surface area contributed by atoms with E-state index in [1.165, 1.54) is 4.90 Å². The average Bonchev–Trinajstić information content (AvgIpc) is 2.97. The van der Waals surface area contributed by atoms with Gasteiger partial charge in [0.2, 0.25) is 0 Å². The largest absolute Gasteiger partial charge is 0.480 e. The molecule has 0 unspecified atom stereocenters. The Labute approximate surface area is 110 Å². The Hall–Kier alpha value is -1.56. The summed E-state index contributed by atoms with van der Waals surface area (Å²) in [7, 11) is 1.71. The van der Waals surface area contributed by atoms with Crippen molar-refractivity contribution in [2.75, 3.05) is 13.6 Å². The zero-order valence-corrected chi connectivity index (χ0v) is 11.0. The van der Waals surface area contributed by atoms with E-state index in [9.17, 15) is 9.59 Å². The van der Waals surface area contributed by atoms with Crippen LogP contribution in [-0.4, -0.2) is 46.5 Å². The molecule has 1 saturated heterocycles. The van der Waals surface area contributed by atoms with Gasteiger partial charge in [-0.2, -0.15) is 0 Å². The van der Waals surface area contributed by atoms with Crippen LogP contribution in [0.1, 0.15) is 17.7 Å². The third-order valence-corrected chi connectivity index (χ3v) is 3.94. The fourth-order valence-corrected chi connectivity index (χ4v) is 2.93. The fraction of sp³-hybridized carbons (Fsp3) is 0.500. The number of hydrogen-bond donors (Lipinski definition) is 1. The lowest BCUT2D eigenvalue weighted by Gasteiger charge is -2.27. The summed E-state index contributed by atoms with van der Waals surface area (Å²) in [5.41, 5.74) is 0. The molecule has 1 aliphatic heterocycles. The molecule has 0 radical (unpaired) electrons. The number of carboxylic acid groups (broad SMARTS) is 1. The molecule has 0 bridgehead atoms. The van der Waals surface area contributed by atoms with Crippen molar-refractivity contribution in [3.8, 4) is 0 Å². The molecule has 0 spiro atoms. The summed E-state index contributed by atoms with van der Waals surface area (Å²) in [4.78, 5) is 27.4. The molecule has 1 atom stereocenters. The monoisotopic (exact) mass is 268 g/mol. The molecule has 98 valence electrons. The molecule has 18 heavy (non-hydrogen) atoms. The first-order valence-electron chi connectivity index (χ1n) is 5.86. The topological polar surface area (TPSA) is 60.9 Å².